The number of rotatable bonds is 3. The molecule has 2 aliphatic heterocycles. The fourth-order valence-corrected chi connectivity index (χ4v) is 4.89. The maximum absolute atomic E-state index is 12.1. The molecule has 2 atom stereocenters. The molecule has 0 saturated carbocycles. The summed E-state index contributed by atoms with van der Waals surface area (Å²) in [4.78, 5) is 18.8. The Morgan fingerprint density at radius 2 is 2.00 bits per heavy atom. The second-order valence-electron chi connectivity index (χ2n) is 7.76. The van der Waals surface area contributed by atoms with Gasteiger partial charge in [0.05, 0.1) is 17.8 Å². The van der Waals surface area contributed by atoms with Crippen molar-refractivity contribution >= 4 is 16.8 Å². The lowest BCUT2D eigenvalue weighted by Crippen LogP contribution is -2.50. The van der Waals surface area contributed by atoms with Crippen molar-refractivity contribution in [3.8, 4) is 11.5 Å². The highest BCUT2D eigenvalue weighted by molar-refractivity contribution is 6.05. The first-order chi connectivity index (χ1) is 13.1. The molecular formula is C20H23N5O2. The zero-order valence-electron chi connectivity index (χ0n) is 15.3. The quantitative estimate of drug-likeness (QED) is 0.771. The van der Waals surface area contributed by atoms with Crippen molar-refractivity contribution in [2.75, 3.05) is 7.05 Å². The summed E-state index contributed by atoms with van der Waals surface area (Å²) in [5.74, 6) is 0.0188. The number of amides is 1. The molecule has 140 valence electrons. The minimum atomic E-state index is -0.503. The van der Waals surface area contributed by atoms with Gasteiger partial charge >= 0.3 is 0 Å². The highest BCUT2D eigenvalue weighted by Crippen LogP contribution is 2.39. The van der Waals surface area contributed by atoms with Gasteiger partial charge in [-0.3, -0.25) is 9.48 Å². The highest BCUT2D eigenvalue weighted by atomic mass is 16.3. The van der Waals surface area contributed by atoms with Crippen LogP contribution in [0.15, 0.2) is 35.1 Å². The minimum absolute atomic E-state index is 0.291. The van der Waals surface area contributed by atoms with Gasteiger partial charge in [-0.1, -0.05) is 6.42 Å². The average molecular weight is 365 g/mol. The maximum atomic E-state index is 12.1. The van der Waals surface area contributed by atoms with Crippen molar-refractivity contribution in [1.82, 2.24) is 19.7 Å². The molecular weight excluding hydrogens is 342 g/mol. The second kappa shape index (κ2) is 6.20. The van der Waals surface area contributed by atoms with E-state index in [4.69, 9.17) is 10.2 Å². The summed E-state index contributed by atoms with van der Waals surface area (Å²) in [6, 6.07) is 7.34. The molecule has 0 radical (unpaired) electrons. The molecule has 2 aromatic heterocycles. The third-order valence-electron chi connectivity index (χ3n) is 6.28. The molecule has 2 fully saturated rings. The van der Waals surface area contributed by atoms with Crippen LogP contribution in [0.1, 0.15) is 48.6 Å². The fourth-order valence-electron chi connectivity index (χ4n) is 4.89. The van der Waals surface area contributed by atoms with Gasteiger partial charge in [-0.05, 0) is 50.9 Å². The monoisotopic (exact) mass is 365 g/mol. The molecule has 2 N–H and O–H groups in total. The van der Waals surface area contributed by atoms with Crippen LogP contribution in [0.25, 0.3) is 22.4 Å². The fraction of sp³-hybridized carbons (Fsp3) is 0.450. The Morgan fingerprint density at radius 1 is 1.22 bits per heavy atom. The Morgan fingerprint density at radius 3 is 2.67 bits per heavy atom. The van der Waals surface area contributed by atoms with Crippen LogP contribution in [0.2, 0.25) is 0 Å². The smallest absolute Gasteiger partial charge is 0.269 e. The first kappa shape index (κ1) is 16.5. The van der Waals surface area contributed by atoms with Gasteiger partial charge in [0.15, 0.2) is 5.69 Å². The summed E-state index contributed by atoms with van der Waals surface area (Å²) in [5, 5.41) is 5.43. The third-order valence-corrected chi connectivity index (χ3v) is 6.28. The van der Waals surface area contributed by atoms with Crippen LogP contribution in [0.5, 0.6) is 0 Å². The number of hydrogen-bond acceptors (Lipinski definition) is 5. The molecule has 2 saturated heterocycles. The molecule has 7 heteroatoms. The molecule has 2 unspecified atom stereocenters. The largest absolute Gasteiger partial charge is 0.445 e. The molecule has 5 rings (SSSR count). The molecule has 2 bridgehead atoms. The van der Waals surface area contributed by atoms with Crippen molar-refractivity contribution in [3.05, 3.63) is 36.4 Å². The average Bonchev–Trinajstić information content (AvgIpc) is 3.29. The third kappa shape index (κ3) is 2.65. The van der Waals surface area contributed by atoms with E-state index in [1.165, 1.54) is 25.5 Å². The summed E-state index contributed by atoms with van der Waals surface area (Å²) >= 11 is 0. The first-order valence-corrected chi connectivity index (χ1v) is 9.55. The lowest BCUT2D eigenvalue weighted by molar-refractivity contribution is 0.0379. The number of piperidine rings is 2. The van der Waals surface area contributed by atoms with E-state index in [-0.39, 0.29) is 0 Å². The number of aromatic nitrogens is 3. The van der Waals surface area contributed by atoms with Crippen LogP contribution in [0.3, 0.4) is 0 Å². The van der Waals surface area contributed by atoms with Gasteiger partial charge in [-0.25, -0.2) is 4.98 Å². The number of oxazole rings is 1. The highest BCUT2D eigenvalue weighted by Gasteiger charge is 2.37. The molecule has 1 amide bonds. The lowest BCUT2D eigenvalue weighted by Gasteiger charge is -2.47. The van der Waals surface area contributed by atoms with Crippen molar-refractivity contribution in [2.45, 2.75) is 50.2 Å². The van der Waals surface area contributed by atoms with Crippen LogP contribution in [0.4, 0.5) is 0 Å². The summed E-state index contributed by atoms with van der Waals surface area (Å²) in [6.45, 7) is 0. The van der Waals surface area contributed by atoms with E-state index < -0.39 is 5.91 Å². The van der Waals surface area contributed by atoms with Gasteiger partial charge < -0.3 is 15.1 Å². The normalized spacial score (nSPS) is 25.7. The number of nitrogens with two attached hydrogens (primary N) is 1. The van der Waals surface area contributed by atoms with Crippen LogP contribution in [-0.4, -0.2) is 44.7 Å². The van der Waals surface area contributed by atoms with Crippen LogP contribution in [0, 0.1) is 0 Å². The van der Waals surface area contributed by atoms with E-state index in [0.717, 1.165) is 29.3 Å². The molecule has 2 aliphatic rings. The number of carbonyl (C=O) groups excluding carboxylic acids is 1. The van der Waals surface area contributed by atoms with Crippen molar-refractivity contribution in [1.29, 1.82) is 0 Å². The predicted octanol–water partition coefficient (Wildman–Crippen LogP) is 2.98. The molecule has 0 spiro atoms. The van der Waals surface area contributed by atoms with Crippen LogP contribution in [-0.2, 0) is 0 Å². The van der Waals surface area contributed by atoms with Crippen LogP contribution >= 0.6 is 0 Å². The number of benzene rings is 1. The van der Waals surface area contributed by atoms with Gasteiger partial charge in [0.1, 0.15) is 6.26 Å². The molecule has 7 nitrogen and oxygen atoms in total. The Bertz CT molecular complexity index is 979. The topological polar surface area (TPSA) is 90.2 Å². The summed E-state index contributed by atoms with van der Waals surface area (Å²) in [5.41, 5.74) is 7.73. The van der Waals surface area contributed by atoms with Gasteiger partial charge in [-0.2, -0.15) is 5.10 Å². The van der Waals surface area contributed by atoms with E-state index in [0.29, 0.717) is 29.7 Å². The van der Waals surface area contributed by atoms with Crippen molar-refractivity contribution in [3.63, 3.8) is 0 Å². The lowest BCUT2D eigenvalue weighted by atomic mass is 9.82. The molecule has 4 heterocycles. The van der Waals surface area contributed by atoms with E-state index in [1.54, 1.807) is 6.20 Å². The standard InChI is InChI=1S/C20H23N5O2/c1-24-13-3-2-4-14(24)11-15(10-13)25-17-6-5-12(20-22-7-8-27-20)9-16(17)18(23-25)19(21)26/h5-9,13-15H,2-4,10-11H2,1H3,(H2,21,26). The zero-order valence-corrected chi connectivity index (χ0v) is 15.3. The zero-order chi connectivity index (χ0) is 18.5. The molecule has 27 heavy (non-hydrogen) atoms. The van der Waals surface area contributed by atoms with Crippen molar-refractivity contribution < 1.29 is 9.21 Å². The first-order valence-electron chi connectivity index (χ1n) is 9.55. The molecule has 1 aromatic carbocycles. The number of nitrogens with zero attached hydrogens (tertiary/aromatic N) is 4. The molecule has 3 aromatic rings. The van der Waals surface area contributed by atoms with Gasteiger partial charge in [-0.15, -0.1) is 0 Å². The predicted molar refractivity (Wildman–Crippen MR) is 101 cm³/mol. The van der Waals surface area contributed by atoms with Gasteiger partial charge in [0.25, 0.3) is 5.91 Å². The number of fused-ring (bicyclic) bond motifs is 3. The van der Waals surface area contributed by atoms with E-state index in [2.05, 4.69) is 22.0 Å². The number of primary amides is 1. The Kier molecular flexibility index (Phi) is 3.79. The number of carbonyl (C=O) groups is 1. The van der Waals surface area contributed by atoms with Crippen molar-refractivity contribution in [2.24, 2.45) is 5.73 Å². The molecule has 0 aliphatic carbocycles. The maximum Gasteiger partial charge on any atom is 0.269 e. The van der Waals surface area contributed by atoms with E-state index in [9.17, 15) is 4.79 Å². The summed E-state index contributed by atoms with van der Waals surface area (Å²) in [7, 11) is 2.24. The summed E-state index contributed by atoms with van der Waals surface area (Å²) < 4.78 is 7.43. The van der Waals surface area contributed by atoms with Gasteiger partial charge in [0.2, 0.25) is 5.89 Å². The second-order valence-corrected chi connectivity index (χ2v) is 7.76. The summed E-state index contributed by atoms with van der Waals surface area (Å²) in [6.07, 6.45) is 9.04. The SMILES string of the molecule is CN1C2CCCC1CC(n1nc(C(N)=O)c3cc(-c4ncco4)ccc31)C2. The van der Waals surface area contributed by atoms with E-state index in [1.807, 2.05) is 22.9 Å². The minimum Gasteiger partial charge on any atom is -0.445 e. The van der Waals surface area contributed by atoms with E-state index >= 15 is 0 Å². The van der Waals surface area contributed by atoms with Crippen LogP contribution < -0.4 is 5.73 Å². The van der Waals surface area contributed by atoms with Gasteiger partial charge in [0, 0.05) is 23.0 Å². The number of hydrogen-bond donors (Lipinski definition) is 1. The Labute approximate surface area is 157 Å². The Balaban J connectivity index is 1.60. The Hall–Kier alpha value is -2.67.